The van der Waals surface area contributed by atoms with Crippen LogP contribution >= 0.6 is 0 Å². The lowest BCUT2D eigenvalue weighted by Gasteiger charge is -2.39. The summed E-state index contributed by atoms with van der Waals surface area (Å²) in [7, 11) is -8.79. The molecule has 1 aromatic heterocycles. The Hall–Kier alpha value is -5.43. The number of aromatic nitrogens is 2. The maximum absolute atomic E-state index is 13.9. The molecular formula is C37H40N6O10S2. The van der Waals surface area contributed by atoms with Gasteiger partial charge < -0.3 is 5.11 Å². The summed E-state index contributed by atoms with van der Waals surface area (Å²) in [4.78, 5) is 69.9. The summed E-state index contributed by atoms with van der Waals surface area (Å²) in [6.07, 6.45) is 13.1. The number of nitrogens with zero attached hydrogens (tertiary/aromatic N) is 4. The number of primary sulfonamides is 2. The Morgan fingerprint density at radius 2 is 1.18 bits per heavy atom. The molecule has 3 fully saturated rings. The first-order valence-corrected chi connectivity index (χ1v) is 20.8. The predicted molar refractivity (Wildman–Crippen MR) is 202 cm³/mol. The van der Waals surface area contributed by atoms with E-state index in [1.807, 2.05) is 0 Å². The first-order valence-electron chi connectivity index (χ1n) is 17.7. The number of anilines is 1. The molecule has 3 aliphatic rings. The van der Waals surface area contributed by atoms with Crippen molar-refractivity contribution in [3.05, 3.63) is 105 Å². The number of allylic oxidation sites excluding steroid dienone is 4. The summed E-state index contributed by atoms with van der Waals surface area (Å²) in [6, 6.07) is 8.42. The lowest BCUT2D eigenvalue weighted by atomic mass is 9.93. The van der Waals surface area contributed by atoms with Crippen molar-refractivity contribution in [2.24, 2.45) is 10.3 Å². The average molecular weight is 793 g/mol. The molecule has 55 heavy (non-hydrogen) atoms. The Morgan fingerprint density at radius 3 is 1.76 bits per heavy atom. The lowest BCUT2D eigenvalue weighted by Crippen LogP contribution is -2.60. The van der Waals surface area contributed by atoms with Crippen LogP contribution in [0.2, 0.25) is 0 Å². The van der Waals surface area contributed by atoms with Crippen molar-refractivity contribution < 1.29 is 36.3 Å². The van der Waals surface area contributed by atoms with E-state index < -0.39 is 82.5 Å². The van der Waals surface area contributed by atoms with E-state index in [2.05, 4.69) is 0 Å². The smallest absolute Gasteiger partial charge is 0.338 e. The molecule has 0 atom stereocenters. The molecule has 16 nitrogen and oxygen atoms in total. The quantitative estimate of drug-likeness (QED) is 0.162. The van der Waals surface area contributed by atoms with Gasteiger partial charge in [0.25, 0.3) is 17.4 Å². The fraction of sp³-hybridized carbons (Fsp3) is 0.324. The van der Waals surface area contributed by atoms with Gasteiger partial charge >= 0.3 is 11.7 Å². The number of urea groups is 1. The zero-order valence-electron chi connectivity index (χ0n) is 29.6. The third-order valence-electron chi connectivity index (χ3n) is 10.0. The molecule has 5 N–H and O–H groups in total. The van der Waals surface area contributed by atoms with Gasteiger partial charge in [0.2, 0.25) is 25.9 Å². The number of sulfonamides is 2. The maximum Gasteiger partial charge on any atom is 0.338 e. The lowest BCUT2D eigenvalue weighted by molar-refractivity contribution is -0.131. The zero-order valence-corrected chi connectivity index (χ0v) is 31.2. The number of barbiturate groups is 1. The van der Waals surface area contributed by atoms with Crippen molar-refractivity contribution in [1.29, 1.82) is 0 Å². The van der Waals surface area contributed by atoms with Crippen molar-refractivity contribution in [3.8, 4) is 11.6 Å². The highest BCUT2D eigenvalue weighted by Crippen LogP contribution is 2.34. The first kappa shape index (κ1) is 39.3. The van der Waals surface area contributed by atoms with Crippen LogP contribution < -0.4 is 26.4 Å². The van der Waals surface area contributed by atoms with Crippen molar-refractivity contribution in [2.45, 2.75) is 86.1 Å². The van der Waals surface area contributed by atoms with Gasteiger partial charge in [0.1, 0.15) is 20.9 Å². The summed E-state index contributed by atoms with van der Waals surface area (Å²) >= 11 is 0. The fourth-order valence-electron chi connectivity index (χ4n) is 7.43. The Balaban J connectivity index is 1.42. The molecule has 3 aromatic rings. The maximum atomic E-state index is 13.9. The minimum Gasteiger partial charge on any atom is -0.494 e. The second kappa shape index (κ2) is 15.7. The number of amides is 4. The van der Waals surface area contributed by atoms with Gasteiger partial charge in [-0.25, -0.2) is 46.2 Å². The van der Waals surface area contributed by atoms with Gasteiger partial charge in [0.05, 0.1) is 11.4 Å². The molecule has 0 spiro atoms. The zero-order chi connectivity index (χ0) is 39.7. The van der Waals surface area contributed by atoms with Crippen LogP contribution in [0.3, 0.4) is 0 Å². The highest BCUT2D eigenvalue weighted by molar-refractivity contribution is 7.89. The van der Waals surface area contributed by atoms with Gasteiger partial charge in [-0.3, -0.25) is 23.9 Å². The van der Waals surface area contributed by atoms with Gasteiger partial charge in [-0.2, -0.15) is 0 Å². The highest BCUT2D eigenvalue weighted by atomic mass is 32.2. The molecule has 290 valence electrons. The monoisotopic (exact) mass is 792 g/mol. The summed E-state index contributed by atoms with van der Waals surface area (Å²) in [5.74, 6) is -2.58. The Kier molecular flexibility index (Phi) is 11.2. The molecule has 2 saturated carbocycles. The Labute approximate surface area is 316 Å². The van der Waals surface area contributed by atoms with Crippen LogP contribution in [0.1, 0.15) is 75.8 Å². The van der Waals surface area contributed by atoms with Crippen LogP contribution in [0, 0.1) is 0 Å². The summed E-state index contributed by atoms with van der Waals surface area (Å²) in [5, 5.41) is 22.2. The van der Waals surface area contributed by atoms with Gasteiger partial charge in [-0.05, 0) is 62.1 Å². The second-order valence-electron chi connectivity index (χ2n) is 13.6. The third kappa shape index (κ3) is 7.75. The van der Waals surface area contributed by atoms with Crippen molar-refractivity contribution in [3.63, 3.8) is 0 Å². The number of carbonyl (C=O) groups is 3. The van der Waals surface area contributed by atoms with Gasteiger partial charge in [-0.1, -0.05) is 81.0 Å². The van der Waals surface area contributed by atoms with E-state index in [-0.39, 0.29) is 16.9 Å². The molecule has 18 heteroatoms. The molecule has 1 aliphatic heterocycles. The minimum absolute atomic E-state index is 0.292. The van der Waals surface area contributed by atoms with Crippen LogP contribution in [0.15, 0.2) is 97.8 Å². The topological polar surface area (TPSA) is 242 Å². The third-order valence-corrected chi connectivity index (χ3v) is 11.9. The van der Waals surface area contributed by atoms with E-state index >= 15 is 0 Å². The number of benzene rings is 2. The number of hydrogen-bond acceptors (Lipinski definition) is 10. The molecular weight excluding hydrogens is 753 g/mol. The van der Waals surface area contributed by atoms with Crippen LogP contribution in [0.4, 0.5) is 10.5 Å². The Bertz CT molecular complexity index is 2490. The minimum atomic E-state index is -4.40. The van der Waals surface area contributed by atoms with Crippen LogP contribution in [-0.2, 0) is 29.6 Å². The van der Waals surface area contributed by atoms with Crippen molar-refractivity contribution in [2.75, 3.05) is 4.90 Å². The number of rotatable bonds is 9. The highest BCUT2D eigenvalue weighted by Gasteiger charge is 2.46. The molecule has 0 radical (unpaired) electrons. The van der Waals surface area contributed by atoms with Crippen LogP contribution in [-0.4, -0.2) is 59.9 Å². The van der Waals surface area contributed by atoms with Crippen molar-refractivity contribution >= 4 is 49.7 Å². The summed E-state index contributed by atoms with van der Waals surface area (Å²) in [5.41, 5.74) is -3.38. The van der Waals surface area contributed by atoms with Crippen molar-refractivity contribution in [1.82, 2.24) is 14.0 Å². The van der Waals surface area contributed by atoms with E-state index in [4.69, 9.17) is 10.3 Å². The van der Waals surface area contributed by atoms with Crippen LogP contribution in [0.25, 0.3) is 11.8 Å². The number of hydrogen-bond donors (Lipinski definition) is 3. The van der Waals surface area contributed by atoms with Crippen LogP contribution in [0.5, 0.6) is 5.88 Å². The van der Waals surface area contributed by atoms with E-state index in [9.17, 15) is 45.9 Å². The molecule has 2 aliphatic carbocycles. The summed E-state index contributed by atoms with van der Waals surface area (Å²) in [6.45, 7) is 0. The van der Waals surface area contributed by atoms with E-state index in [1.54, 1.807) is 0 Å². The molecule has 0 unspecified atom stereocenters. The van der Waals surface area contributed by atoms with Gasteiger partial charge in [0.15, 0.2) is 0 Å². The number of nitrogens with two attached hydrogens (primary N) is 2. The number of para-hydroxylation sites is 2. The number of aromatic hydroxyl groups is 1. The molecule has 0 bridgehead atoms. The van der Waals surface area contributed by atoms with E-state index in [0.717, 1.165) is 66.2 Å². The standard InChI is InChI=1S/C37H40N6O10S2/c38-54(50,51)30-22-12-10-20-28(30)42-34(46)26(32(44)40(36(42)48)24-14-4-1-5-15-24)18-8-3-9-19-27-33(45)41(25-16-6-2-7-17-25)37(49)43(35(27)47)29-21-11-13-23-31(29)55(39,52)53/h3,8-13,18-25,44H,1-2,4-7,14-17H2,(H2,38,50,51)(H2,39,52,53)/b9-3+,18-8+,27-19+. The molecule has 2 heterocycles. The van der Waals surface area contributed by atoms with Gasteiger partial charge in [0, 0.05) is 12.1 Å². The molecule has 1 saturated heterocycles. The largest absolute Gasteiger partial charge is 0.494 e. The van der Waals surface area contributed by atoms with E-state index in [0.29, 0.717) is 35.2 Å². The molecule has 2 aromatic carbocycles. The normalized spacial score (nSPS) is 19.0. The number of imide groups is 2. The molecule has 4 amide bonds. The first-order chi connectivity index (χ1) is 26.1. The summed E-state index contributed by atoms with van der Waals surface area (Å²) < 4.78 is 51.6. The SMILES string of the molecule is NS(=O)(=O)c1ccccc1N1C(=O)/C(=C/C=C/C=C/c2c(O)n(C3CCCCC3)c(=O)n(-c3ccccc3S(N)(=O)=O)c2=O)C(=O)N(C2CCCCC2)C1=O. The average Bonchev–Trinajstić information content (AvgIpc) is 3.14. The predicted octanol–water partition coefficient (Wildman–Crippen LogP) is 3.33. The second-order valence-corrected chi connectivity index (χ2v) is 16.6. The van der Waals surface area contributed by atoms with Gasteiger partial charge in [-0.15, -0.1) is 0 Å². The fourth-order valence-corrected chi connectivity index (χ4v) is 8.87. The Morgan fingerprint density at radius 1 is 0.655 bits per heavy atom. The van der Waals surface area contributed by atoms with E-state index in [1.165, 1.54) is 60.7 Å². The molecule has 6 rings (SSSR count). The number of carbonyl (C=O) groups excluding carboxylic acids is 3.